The number of hydrogen-bond acceptors (Lipinski definition) is 4. The molecule has 5 rings (SSSR count). The van der Waals surface area contributed by atoms with E-state index in [1.165, 1.54) is 33.7 Å². The van der Waals surface area contributed by atoms with Crippen LogP contribution in [0.25, 0.3) is 0 Å². The summed E-state index contributed by atoms with van der Waals surface area (Å²) in [4.78, 5) is 33.4. The third-order valence-electron chi connectivity index (χ3n) is 7.14. The maximum absolute atomic E-state index is 13.3. The standard InChI is InChI=1S/C28H30FN3O2S/c1-20-4-2-3-5-23(20)28-24-11-17-35-25(24)10-12-32(28)19-27(34)31-15-13-30(14-16-31)26(33)18-21-6-8-22(29)9-7-21/h2-9,11,17,28H,10,12-16,18-19H2,1H3/t28-/m1/s1. The van der Waals surface area contributed by atoms with Crippen LogP contribution in [0.2, 0.25) is 0 Å². The molecule has 1 aromatic heterocycles. The highest BCUT2D eigenvalue weighted by atomic mass is 32.1. The molecule has 0 bridgehead atoms. The minimum absolute atomic E-state index is 0.0179. The SMILES string of the molecule is Cc1ccccc1[C@@H]1c2ccsc2CCN1CC(=O)N1CCN(C(=O)Cc2ccc(F)cc2)CC1. The molecule has 0 saturated carbocycles. The van der Waals surface area contributed by atoms with Crippen LogP contribution in [0.3, 0.4) is 0 Å². The lowest BCUT2D eigenvalue weighted by Crippen LogP contribution is -2.53. The highest BCUT2D eigenvalue weighted by Crippen LogP contribution is 2.38. The smallest absolute Gasteiger partial charge is 0.236 e. The first-order chi connectivity index (χ1) is 17.0. The lowest BCUT2D eigenvalue weighted by atomic mass is 9.90. The molecule has 2 aliphatic heterocycles. The molecule has 0 spiro atoms. The van der Waals surface area contributed by atoms with Crippen LogP contribution in [0.1, 0.15) is 33.2 Å². The van der Waals surface area contributed by atoms with E-state index in [9.17, 15) is 14.0 Å². The zero-order valence-corrected chi connectivity index (χ0v) is 20.8. The predicted octanol–water partition coefficient (Wildman–Crippen LogP) is 4.06. The van der Waals surface area contributed by atoms with Gasteiger partial charge in [0.25, 0.3) is 0 Å². The second kappa shape index (κ2) is 10.3. The molecule has 0 aliphatic carbocycles. The monoisotopic (exact) mass is 491 g/mol. The predicted molar refractivity (Wildman–Crippen MR) is 136 cm³/mol. The van der Waals surface area contributed by atoms with Gasteiger partial charge >= 0.3 is 0 Å². The number of carbonyl (C=O) groups excluding carboxylic acids is 2. The molecular weight excluding hydrogens is 461 g/mol. The van der Waals surface area contributed by atoms with E-state index in [0.717, 1.165) is 18.5 Å². The van der Waals surface area contributed by atoms with E-state index >= 15 is 0 Å². The first kappa shape index (κ1) is 23.7. The molecule has 182 valence electrons. The molecule has 5 nitrogen and oxygen atoms in total. The van der Waals surface area contributed by atoms with E-state index in [2.05, 4.69) is 47.5 Å². The van der Waals surface area contributed by atoms with Crippen molar-refractivity contribution in [1.82, 2.24) is 14.7 Å². The van der Waals surface area contributed by atoms with Crippen molar-refractivity contribution < 1.29 is 14.0 Å². The molecule has 7 heteroatoms. The van der Waals surface area contributed by atoms with Gasteiger partial charge in [-0.2, -0.15) is 0 Å². The van der Waals surface area contributed by atoms with Crippen molar-refractivity contribution in [2.45, 2.75) is 25.8 Å². The van der Waals surface area contributed by atoms with Crippen molar-refractivity contribution in [1.29, 1.82) is 0 Å². The van der Waals surface area contributed by atoms with Crippen molar-refractivity contribution in [2.75, 3.05) is 39.3 Å². The Morgan fingerprint density at radius 1 is 0.886 bits per heavy atom. The second-order valence-corrected chi connectivity index (χ2v) is 10.3. The van der Waals surface area contributed by atoms with Crippen molar-refractivity contribution in [2.24, 2.45) is 0 Å². The third-order valence-corrected chi connectivity index (χ3v) is 8.14. The number of piperazine rings is 1. The van der Waals surface area contributed by atoms with Gasteiger partial charge in [0.05, 0.1) is 19.0 Å². The van der Waals surface area contributed by atoms with Crippen LogP contribution in [0.5, 0.6) is 0 Å². The first-order valence-corrected chi connectivity index (χ1v) is 13.0. The highest BCUT2D eigenvalue weighted by molar-refractivity contribution is 7.10. The fourth-order valence-corrected chi connectivity index (χ4v) is 6.07. The number of nitrogens with zero attached hydrogens (tertiary/aromatic N) is 3. The van der Waals surface area contributed by atoms with Gasteiger partial charge in [0, 0.05) is 37.6 Å². The van der Waals surface area contributed by atoms with Crippen LogP contribution >= 0.6 is 11.3 Å². The van der Waals surface area contributed by atoms with Gasteiger partial charge in [-0.15, -0.1) is 11.3 Å². The summed E-state index contributed by atoms with van der Waals surface area (Å²) in [5.74, 6) is -0.167. The molecule has 0 N–H and O–H groups in total. The van der Waals surface area contributed by atoms with E-state index in [1.54, 1.807) is 23.5 Å². The van der Waals surface area contributed by atoms with Gasteiger partial charge in [-0.3, -0.25) is 14.5 Å². The quantitative estimate of drug-likeness (QED) is 0.541. The van der Waals surface area contributed by atoms with Gasteiger partial charge in [-0.1, -0.05) is 36.4 Å². The molecule has 35 heavy (non-hydrogen) atoms. The summed E-state index contributed by atoms with van der Waals surface area (Å²) < 4.78 is 13.1. The number of thiophene rings is 1. The normalized spacial score (nSPS) is 18.4. The summed E-state index contributed by atoms with van der Waals surface area (Å²) in [7, 11) is 0. The minimum atomic E-state index is -0.304. The van der Waals surface area contributed by atoms with Gasteiger partial charge in [-0.25, -0.2) is 4.39 Å². The number of aryl methyl sites for hydroxylation is 1. The molecular formula is C28H30FN3O2S. The van der Waals surface area contributed by atoms with Gasteiger partial charge < -0.3 is 9.80 Å². The molecule has 0 radical (unpaired) electrons. The lowest BCUT2D eigenvalue weighted by Gasteiger charge is -2.39. The molecule has 2 aliphatic rings. The average molecular weight is 492 g/mol. The Hall–Kier alpha value is -3.03. The van der Waals surface area contributed by atoms with Gasteiger partial charge in [0.15, 0.2) is 0 Å². The van der Waals surface area contributed by atoms with Crippen LogP contribution in [0.15, 0.2) is 60.0 Å². The van der Waals surface area contributed by atoms with E-state index in [0.29, 0.717) is 32.7 Å². The zero-order chi connectivity index (χ0) is 24.4. The van der Waals surface area contributed by atoms with Gasteiger partial charge in [0.1, 0.15) is 5.82 Å². The molecule has 3 heterocycles. The minimum Gasteiger partial charge on any atom is -0.339 e. The third kappa shape index (κ3) is 5.16. The number of hydrogen-bond donors (Lipinski definition) is 0. The van der Waals surface area contributed by atoms with Crippen molar-refractivity contribution in [3.63, 3.8) is 0 Å². The fraction of sp³-hybridized carbons (Fsp3) is 0.357. The van der Waals surface area contributed by atoms with Crippen LogP contribution in [0.4, 0.5) is 4.39 Å². The van der Waals surface area contributed by atoms with Crippen LogP contribution < -0.4 is 0 Å². The summed E-state index contributed by atoms with van der Waals surface area (Å²) in [6.07, 6.45) is 1.22. The number of amides is 2. The van der Waals surface area contributed by atoms with E-state index < -0.39 is 0 Å². The Bertz CT molecular complexity index is 1200. The fourth-order valence-electron chi connectivity index (χ4n) is 5.16. The molecule has 3 aromatic rings. The summed E-state index contributed by atoms with van der Waals surface area (Å²) in [5.41, 5.74) is 4.62. The lowest BCUT2D eigenvalue weighted by molar-refractivity contribution is -0.140. The number of benzene rings is 2. The number of rotatable bonds is 5. The van der Waals surface area contributed by atoms with Gasteiger partial charge in [-0.05, 0) is 59.2 Å². The zero-order valence-electron chi connectivity index (χ0n) is 20.0. The largest absolute Gasteiger partial charge is 0.339 e. The number of carbonyl (C=O) groups is 2. The highest BCUT2D eigenvalue weighted by Gasteiger charge is 2.33. The summed E-state index contributed by atoms with van der Waals surface area (Å²) in [6, 6.07) is 16.8. The van der Waals surface area contributed by atoms with Crippen molar-refractivity contribution in [3.8, 4) is 0 Å². The topological polar surface area (TPSA) is 43.9 Å². The Balaban J connectivity index is 1.22. The molecule has 0 unspecified atom stereocenters. The van der Waals surface area contributed by atoms with E-state index in [4.69, 9.17) is 0 Å². The van der Waals surface area contributed by atoms with Gasteiger partial charge in [0.2, 0.25) is 11.8 Å². The molecule has 2 amide bonds. The molecule has 1 fully saturated rings. The summed E-state index contributed by atoms with van der Waals surface area (Å²) in [6.45, 7) is 5.51. The van der Waals surface area contributed by atoms with Crippen molar-refractivity contribution in [3.05, 3.63) is 92.9 Å². The average Bonchev–Trinajstić information content (AvgIpc) is 3.35. The molecule has 1 saturated heterocycles. The Morgan fingerprint density at radius 3 is 2.29 bits per heavy atom. The maximum Gasteiger partial charge on any atom is 0.236 e. The van der Waals surface area contributed by atoms with Crippen LogP contribution in [-0.4, -0.2) is 65.8 Å². The number of halogens is 1. The van der Waals surface area contributed by atoms with E-state index in [-0.39, 0.29) is 30.1 Å². The Kier molecular flexibility index (Phi) is 6.97. The van der Waals surface area contributed by atoms with E-state index in [1.807, 2.05) is 9.80 Å². The Labute approximate surface area is 209 Å². The Morgan fingerprint density at radius 2 is 1.57 bits per heavy atom. The molecule has 2 aromatic carbocycles. The summed E-state index contributed by atoms with van der Waals surface area (Å²) >= 11 is 1.80. The van der Waals surface area contributed by atoms with Crippen LogP contribution in [-0.2, 0) is 22.4 Å². The maximum atomic E-state index is 13.3. The first-order valence-electron chi connectivity index (χ1n) is 12.2. The summed E-state index contributed by atoms with van der Waals surface area (Å²) in [5, 5.41) is 2.16. The molecule has 1 atom stereocenters. The number of fused-ring (bicyclic) bond motifs is 1. The second-order valence-electron chi connectivity index (χ2n) is 9.34. The van der Waals surface area contributed by atoms with Crippen LogP contribution in [0, 0.1) is 12.7 Å². The van der Waals surface area contributed by atoms with Crippen molar-refractivity contribution >= 4 is 23.2 Å².